The molecule has 0 atom stereocenters. The number of aromatic nitrogens is 1. The molecule has 0 saturated carbocycles. The van der Waals surface area contributed by atoms with E-state index in [-0.39, 0.29) is 11.5 Å². The Kier molecular flexibility index (Phi) is 5.46. The average Bonchev–Trinajstić information content (AvgIpc) is 2.88. The lowest BCUT2D eigenvalue weighted by Crippen LogP contribution is -2.26. The number of hydrogen-bond donors (Lipinski definition) is 1. The van der Waals surface area contributed by atoms with Gasteiger partial charge in [0.15, 0.2) is 0 Å². The third-order valence-corrected chi connectivity index (χ3v) is 4.39. The van der Waals surface area contributed by atoms with Crippen molar-refractivity contribution in [3.63, 3.8) is 0 Å². The van der Waals surface area contributed by atoms with E-state index < -0.39 is 5.97 Å². The van der Waals surface area contributed by atoms with E-state index in [9.17, 15) is 9.59 Å². The Bertz CT molecular complexity index is 709. The molecule has 0 aliphatic rings. The summed E-state index contributed by atoms with van der Waals surface area (Å²) in [5, 5.41) is 9.66. The highest BCUT2D eigenvalue weighted by atomic mass is 32.1. The van der Waals surface area contributed by atoms with Gasteiger partial charge in [-0.3, -0.25) is 4.79 Å². The molecule has 0 fully saturated rings. The second-order valence-electron chi connectivity index (χ2n) is 5.12. The number of carbonyl (C=O) groups is 2. The van der Waals surface area contributed by atoms with Gasteiger partial charge >= 0.3 is 5.97 Å². The molecule has 1 heterocycles. The van der Waals surface area contributed by atoms with E-state index in [1.165, 1.54) is 23.5 Å². The first-order valence-corrected chi connectivity index (χ1v) is 7.77. The molecule has 0 aliphatic heterocycles. The van der Waals surface area contributed by atoms with Gasteiger partial charge in [0.1, 0.15) is 9.88 Å². The van der Waals surface area contributed by atoms with Gasteiger partial charge < -0.3 is 14.7 Å². The zero-order valence-corrected chi connectivity index (χ0v) is 14.0. The number of hydrogen-bond acceptors (Lipinski definition) is 5. The van der Waals surface area contributed by atoms with E-state index in [2.05, 4.69) is 4.98 Å². The molecular weight excluding hydrogens is 316 g/mol. The molecule has 1 N–H and O–H groups in total. The summed E-state index contributed by atoms with van der Waals surface area (Å²) in [7, 11) is 3.30. The van der Waals surface area contributed by atoms with Crippen LogP contribution in [0, 0.1) is 6.92 Å². The molecule has 0 bridgehead atoms. The normalized spacial score (nSPS) is 10.6. The standard InChI is InChI=1S/C16H18N2O4S/c1-10-14(23-13(17-10)9-22-3)15(19)18(2)8-11-4-6-12(7-5-11)16(20)21/h4-7H,8-9H2,1-3H3,(H,20,21). The number of methoxy groups -OCH3 is 1. The number of aryl methyl sites for hydroxylation is 1. The molecule has 0 saturated heterocycles. The van der Waals surface area contributed by atoms with Crippen molar-refractivity contribution in [1.29, 1.82) is 0 Å². The Morgan fingerprint density at radius 1 is 1.30 bits per heavy atom. The lowest BCUT2D eigenvalue weighted by atomic mass is 10.1. The fourth-order valence-electron chi connectivity index (χ4n) is 2.11. The minimum Gasteiger partial charge on any atom is -0.478 e. The molecule has 6 nitrogen and oxygen atoms in total. The minimum atomic E-state index is -0.966. The first-order chi connectivity index (χ1) is 10.9. The van der Waals surface area contributed by atoms with Crippen LogP contribution in [0.2, 0.25) is 0 Å². The smallest absolute Gasteiger partial charge is 0.335 e. The zero-order chi connectivity index (χ0) is 17.0. The summed E-state index contributed by atoms with van der Waals surface area (Å²) in [6, 6.07) is 6.49. The SMILES string of the molecule is COCc1nc(C)c(C(=O)N(C)Cc2ccc(C(=O)O)cc2)s1. The number of ether oxygens (including phenoxy) is 1. The van der Waals surface area contributed by atoms with Gasteiger partial charge in [-0.2, -0.15) is 0 Å². The van der Waals surface area contributed by atoms with Crippen LogP contribution in [-0.2, 0) is 17.9 Å². The second kappa shape index (κ2) is 7.34. The number of benzene rings is 1. The number of thiazole rings is 1. The van der Waals surface area contributed by atoms with Crippen molar-refractivity contribution in [2.24, 2.45) is 0 Å². The number of nitrogens with zero attached hydrogens (tertiary/aromatic N) is 2. The molecule has 1 amide bonds. The van der Waals surface area contributed by atoms with Crippen LogP contribution in [0.15, 0.2) is 24.3 Å². The maximum absolute atomic E-state index is 12.5. The van der Waals surface area contributed by atoms with Crippen molar-refractivity contribution in [2.45, 2.75) is 20.1 Å². The number of carbonyl (C=O) groups excluding carboxylic acids is 1. The van der Waals surface area contributed by atoms with Gasteiger partial charge in [0.2, 0.25) is 0 Å². The predicted molar refractivity (Wildman–Crippen MR) is 86.8 cm³/mol. The van der Waals surface area contributed by atoms with E-state index in [1.807, 2.05) is 0 Å². The molecule has 0 unspecified atom stereocenters. The third-order valence-electron chi connectivity index (χ3n) is 3.27. The summed E-state index contributed by atoms with van der Waals surface area (Å²) in [6.45, 7) is 2.59. The van der Waals surface area contributed by atoms with Crippen molar-refractivity contribution in [3.05, 3.63) is 51.0 Å². The van der Waals surface area contributed by atoms with E-state index in [1.54, 1.807) is 38.1 Å². The van der Waals surface area contributed by atoms with Gasteiger partial charge in [-0.1, -0.05) is 12.1 Å². The lowest BCUT2D eigenvalue weighted by molar-refractivity contribution is 0.0695. The van der Waals surface area contributed by atoms with Gasteiger partial charge in [0, 0.05) is 20.7 Å². The molecule has 23 heavy (non-hydrogen) atoms. The van der Waals surface area contributed by atoms with E-state index >= 15 is 0 Å². The maximum atomic E-state index is 12.5. The molecule has 1 aromatic heterocycles. The van der Waals surface area contributed by atoms with Crippen LogP contribution < -0.4 is 0 Å². The molecule has 2 aromatic rings. The zero-order valence-electron chi connectivity index (χ0n) is 13.2. The first-order valence-electron chi connectivity index (χ1n) is 6.95. The summed E-state index contributed by atoms with van der Waals surface area (Å²) in [4.78, 5) is 29.9. The summed E-state index contributed by atoms with van der Waals surface area (Å²) >= 11 is 1.33. The molecule has 0 radical (unpaired) electrons. The average molecular weight is 334 g/mol. The Hall–Kier alpha value is -2.25. The van der Waals surface area contributed by atoms with Gasteiger partial charge in [-0.25, -0.2) is 9.78 Å². The Labute approximate surface area is 138 Å². The van der Waals surface area contributed by atoms with Crippen LogP contribution in [0.3, 0.4) is 0 Å². The van der Waals surface area contributed by atoms with Crippen LogP contribution >= 0.6 is 11.3 Å². The summed E-state index contributed by atoms with van der Waals surface area (Å²) < 4.78 is 5.04. The van der Waals surface area contributed by atoms with E-state index in [4.69, 9.17) is 9.84 Å². The second-order valence-corrected chi connectivity index (χ2v) is 6.20. The van der Waals surface area contributed by atoms with Crippen molar-refractivity contribution < 1.29 is 19.4 Å². The van der Waals surface area contributed by atoms with Crippen LogP contribution in [0.25, 0.3) is 0 Å². The number of carboxylic acid groups (broad SMARTS) is 1. The first kappa shape index (κ1) is 17.1. The molecule has 7 heteroatoms. The van der Waals surface area contributed by atoms with Gasteiger partial charge in [-0.05, 0) is 24.6 Å². The summed E-state index contributed by atoms with van der Waals surface area (Å²) in [5.41, 5.74) is 1.79. The van der Waals surface area contributed by atoms with Crippen molar-refractivity contribution in [2.75, 3.05) is 14.2 Å². The molecule has 0 aliphatic carbocycles. The highest BCUT2D eigenvalue weighted by Crippen LogP contribution is 2.21. The Balaban J connectivity index is 2.09. The van der Waals surface area contributed by atoms with Crippen LogP contribution in [0.5, 0.6) is 0 Å². The fraction of sp³-hybridized carbons (Fsp3) is 0.312. The Morgan fingerprint density at radius 3 is 2.52 bits per heavy atom. The largest absolute Gasteiger partial charge is 0.478 e. The quantitative estimate of drug-likeness (QED) is 0.878. The predicted octanol–water partition coefficient (Wildman–Crippen LogP) is 2.57. The number of aromatic carboxylic acids is 1. The highest BCUT2D eigenvalue weighted by Gasteiger charge is 2.19. The number of carboxylic acids is 1. The minimum absolute atomic E-state index is 0.107. The lowest BCUT2D eigenvalue weighted by Gasteiger charge is -2.16. The fourth-order valence-corrected chi connectivity index (χ4v) is 3.14. The molecule has 1 aromatic carbocycles. The third kappa shape index (κ3) is 4.14. The van der Waals surface area contributed by atoms with Gasteiger partial charge in [0.25, 0.3) is 5.91 Å². The molecule has 122 valence electrons. The van der Waals surface area contributed by atoms with Crippen LogP contribution in [0.1, 0.15) is 36.3 Å². The number of amides is 1. The van der Waals surface area contributed by atoms with Gasteiger partial charge in [0.05, 0.1) is 17.9 Å². The molecule has 2 rings (SSSR count). The molecular formula is C16H18N2O4S. The topological polar surface area (TPSA) is 79.7 Å². The monoisotopic (exact) mass is 334 g/mol. The van der Waals surface area contributed by atoms with Crippen LogP contribution in [0.4, 0.5) is 0 Å². The summed E-state index contributed by atoms with van der Waals surface area (Å²) in [6.07, 6.45) is 0. The maximum Gasteiger partial charge on any atom is 0.335 e. The van der Waals surface area contributed by atoms with E-state index in [0.717, 1.165) is 10.6 Å². The van der Waals surface area contributed by atoms with Crippen molar-refractivity contribution in [3.8, 4) is 0 Å². The van der Waals surface area contributed by atoms with Crippen molar-refractivity contribution in [1.82, 2.24) is 9.88 Å². The molecule has 0 spiro atoms. The number of rotatable bonds is 6. The highest BCUT2D eigenvalue weighted by molar-refractivity contribution is 7.13. The summed E-state index contributed by atoms with van der Waals surface area (Å²) in [5.74, 6) is -1.07. The van der Waals surface area contributed by atoms with Crippen molar-refractivity contribution >= 4 is 23.2 Å². The van der Waals surface area contributed by atoms with Gasteiger partial charge in [-0.15, -0.1) is 11.3 Å². The Morgan fingerprint density at radius 2 is 1.96 bits per heavy atom. The van der Waals surface area contributed by atoms with Crippen LogP contribution in [-0.4, -0.2) is 41.0 Å². The van der Waals surface area contributed by atoms with E-state index in [0.29, 0.717) is 23.7 Å².